The van der Waals surface area contributed by atoms with Gasteiger partial charge in [-0.25, -0.2) is 0 Å². The van der Waals surface area contributed by atoms with Crippen LogP contribution in [0.4, 0.5) is 0 Å². The monoisotopic (exact) mass is 200 g/mol. The van der Waals surface area contributed by atoms with E-state index in [1.807, 2.05) is 6.07 Å². The van der Waals surface area contributed by atoms with Crippen LogP contribution in [0.5, 0.6) is 0 Å². The van der Waals surface area contributed by atoms with E-state index in [0.29, 0.717) is 5.56 Å². The Hall–Kier alpha value is -1.06. The Morgan fingerprint density at radius 3 is 2.31 bits per heavy atom. The predicted molar refractivity (Wildman–Crippen MR) is 50.5 cm³/mol. The third kappa shape index (κ3) is 3.05. The van der Waals surface area contributed by atoms with Gasteiger partial charge < -0.3 is 15.2 Å². The summed E-state index contributed by atoms with van der Waals surface area (Å²) in [5.74, 6) is -1.11. The van der Waals surface area contributed by atoms with Crippen LogP contribution in [0.3, 0.4) is 0 Å². The maximum Gasteiger partial charge on any atom is 0.0721 e. The largest absolute Gasteiger partial charge is 0.548 e. The molecule has 3 nitrogen and oxygen atoms in total. The highest BCUT2D eigenvalue weighted by Gasteiger charge is 2.07. The van der Waals surface area contributed by atoms with E-state index in [9.17, 15) is 9.90 Å². The van der Waals surface area contributed by atoms with Gasteiger partial charge in [-0.1, -0.05) is 30.3 Å². The summed E-state index contributed by atoms with van der Waals surface area (Å²) in [7, 11) is 1.59. The number of benzene rings is 1. The van der Waals surface area contributed by atoms with Crippen LogP contribution in [-0.2, 0) is 4.79 Å². The number of carboxylic acids is 1. The molecule has 0 fully saturated rings. The molecular weight excluding hydrogens is 190 g/mol. The number of aliphatic carboxylic acids is 1. The first-order chi connectivity index (χ1) is 5.75. The maximum atomic E-state index is 10.6. The van der Waals surface area contributed by atoms with E-state index in [4.69, 9.17) is 0 Å². The number of nitrogens with one attached hydrogen (secondary N) is 1. The molecule has 0 saturated heterocycles. The van der Waals surface area contributed by atoms with Gasteiger partial charge in [0.15, 0.2) is 0 Å². The van der Waals surface area contributed by atoms with Gasteiger partial charge in [-0.15, -0.1) is 12.4 Å². The third-order valence-electron chi connectivity index (χ3n) is 1.66. The molecule has 0 aliphatic rings. The van der Waals surface area contributed by atoms with E-state index in [0.717, 1.165) is 0 Å². The molecule has 1 unspecified atom stereocenters. The van der Waals surface area contributed by atoms with Crippen molar-refractivity contribution in [2.45, 2.75) is 6.04 Å². The van der Waals surface area contributed by atoms with E-state index in [1.165, 1.54) is 0 Å². The Morgan fingerprint density at radius 2 is 1.92 bits per heavy atom. The van der Waals surface area contributed by atoms with E-state index in [-0.39, 0.29) is 12.4 Å². The quantitative estimate of drug-likeness (QED) is 0.754. The number of halogens is 1. The Kier molecular flexibility index (Phi) is 5.11. The number of rotatable bonds is 3. The normalized spacial score (nSPS) is 11.5. The minimum absolute atomic E-state index is 0. The van der Waals surface area contributed by atoms with Gasteiger partial charge in [-0.3, -0.25) is 0 Å². The number of carbonyl (C=O) groups is 1. The predicted octanol–water partition coefficient (Wildman–Crippen LogP) is 0.119. The van der Waals surface area contributed by atoms with E-state index in [2.05, 4.69) is 5.32 Å². The van der Waals surface area contributed by atoms with Gasteiger partial charge in [0.1, 0.15) is 0 Å². The fourth-order valence-corrected chi connectivity index (χ4v) is 1.07. The lowest BCUT2D eigenvalue weighted by molar-refractivity contribution is -0.308. The van der Waals surface area contributed by atoms with Crippen molar-refractivity contribution < 1.29 is 9.90 Å². The topological polar surface area (TPSA) is 52.2 Å². The van der Waals surface area contributed by atoms with Gasteiger partial charge >= 0.3 is 0 Å². The van der Waals surface area contributed by atoms with Gasteiger partial charge in [0.2, 0.25) is 0 Å². The summed E-state index contributed by atoms with van der Waals surface area (Å²) in [6.45, 7) is 0. The molecule has 0 heterocycles. The lowest BCUT2D eigenvalue weighted by Crippen LogP contribution is -2.36. The van der Waals surface area contributed by atoms with Crippen molar-refractivity contribution in [3.63, 3.8) is 0 Å². The molecule has 0 radical (unpaired) electrons. The van der Waals surface area contributed by atoms with Crippen molar-refractivity contribution in [1.82, 2.24) is 5.32 Å². The molecule has 1 N–H and O–H groups in total. The minimum Gasteiger partial charge on any atom is -0.548 e. The van der Waals surface area contributed by atoms with Crippen molar-refractivity contribution in [2.75, 3.05) is 7.05 Å². The lowest BCUT2D eigenvalue weighted by atomic mass is 10.1. The zero-order chi connectivity index (χ0) is 8.97. The van der Waals surface area contributed by atoms with Gasteiger partial charge in [0.25, 0.3) is 0 Å². The number of carbonyl (C=O) groups excluding carboxylic acids is 1. The van der Waals surface area contributed by atoms with Crippen molar-refractivity contribution >= 4 is 18.4 Å². The SMILES string of the molecule is CNC(C(=O)[O-])c1ccccc1.Cl. The van der Waals surface area contributed by atoms with Crippen LogP contribution in [0.1, 0.15) is 11.6 Å². The molecule has 0 bridgehead atoms. The van der Waals surface area contributed by atoms with Crippen LogP contribution >= 0.6 is 12.4 Å². The molecule has 1 aromatic rings. The number of likely N-dealkylation sites (N-methyl/N-ethyl adjacent to an activating group) is 1. The second kappa shape index (κ2) is 5.56. The Morgan fingerprint density at radius 1 is 1.38 bits per heavy atom. The minimum atomic E-state index is -1.11. The molecule has 1 rings (SSSR count). The second-order valence-corrected chi connectivity index (χ2v) is 2.45. The van der Waals surface area contributed by atoms with Crippen molar-refractivity contribution in [3.05, 3.63) is 35.9 Å². The van der Waals surface area contributed by atoms with E-state index in [1.54, 1.807) is 31.3 Å². The average molecular weight is 201 g/mol. The zero-order valence-corrected chi connectivity index (χ0v) is 8.01. The highest BCUT2D eigenvalue weighted by Crippen LogP contribution is 2.09. The Balaban J connectivity index is 0.00000144. The van der Waals surface area contributed by atoms with Crippen molar-refractivity contribution in [1.29, 1.82) is 0 Å². The molecule has 0 aliphatic heterocycles. The third-order valence-corrected chi connectivity index (χ3v) is 1.66. The molecule has 4 heteroatoms. The van der Waals surface area contributed by atoms with Crippen LogP contribution in [0.25, 0.3) is 0 Å². The van der Waals surface area contributed by atoms with E-state index >= 15 is 0 Å². The smallest absolute Gasteiger partial charge is 0.0721 e. The van der Waals surface area contributed by atoms with Gasteiger partial charge in [0.05, 0.1) is 12.0 Å². The van der Waals surface area contributed by atoms with Crippen LogP contribution in [0.2, 0.25) is 0 Å². The summed E-state index contributed by atoms with van der Waals surface area (Å²) >= 11 is 0. The number of hydrogen-bond acceptors (Lipinski definition) is 3. The molecule has 72 valence electrons. The fourth-order valence-electron chi connectivity index (χ4n) is 1.07. The highest BCUT2D eigenvalue weighted by molar-refractivity contribution is 5.85. The Labute approximate surface area is 83.2 Å². The molecule has 13 heavy (non-hydrogen) atoms. The zero-order valence-electron chi connectivity index (χ0n) is 7.19. The van der Waals surface area contributed by atoms with Crippen molar-refractivity contribution in [3.8, 4) is 0 Å². The average Bonchev–Trinajstić information content (AvgIpc) is 2.07. The van der Waals surface area contributed by atoms with Gasteiger partial charge in [-0.05, 0) is 12.6 Å². The fraction of sp³-hybridized carbons (Fsp3) is 0.222. The van der Waals surface area contributed by atoms with Crippen molar-refractivity contribution in [2.24, 2.45) is 0 Å². The molecule has 1 aromatic carbocycles. The maximum absolute atomic E-state index is 10.6. The summed E-state index contributed by atoms with van der Waals surface area (Å²) in [6, 6.07) is 8.20. The summed E-state index contributed by atoms with van der Waals surface area (Å²) in [5.41, 5.74) is 0.708. The summed E-state index contributed by atoms with van der Waals surface area (Å²) in [4.78, 5) is 10.6. The Bertz CT molecular complexity index is 264. The second-order valence-electron chi connectivity index (χ2n) is 2.45. The summed E-state index contributed by atoms with van der Waals surface area (Å²) < 4.78 is 0. The van der Waals surface area contributed by atoms with Crippen LogP contribution in [-0.4, -0.2) is 13.0 Å². The molecule has 0 spiro atoms. The first-order valence-corrected chi connectivity index (χ1v) is 3.68. The molecule has 0 amide bonds. The summed E-state index contributed by atoms with van der Waals surface area (Å²) in [6.07, 6.45) is 0. The van der Waals surface area contributed by atoms with Crippen LogP contribution < -0.4 is 10.4 Å². The van der Waals surface area contributed by atoms with Gasteiger partial charge in [-0.2, -0.15) is 0 Å². The summed E-state index contributed by atoms with van der Waals surface area (Å²) in [5, 5.41) is 13.2. The molecule has 1 atom stereocenters. The molecule has 0 aromatic heterocycles. The first kappa shape index (κ1) is 11.9. The van der Waals surface area contributed by atoms with Crippen LogP contribution in [0, 0.1) is 0 Å². The first-order valence-electron chi connectivity index (χ1n) is 3.68. The number of carboxylic acid groups (broad SMARTS) is 1. The molecule has 0 aliphatic carbocycles. The van der Waals surface area contributed by atoms with E-state index < -0.39 is 12.0 Å². The van der Waals surface area contributed by atoms with Crippen LogP contribution in [0.15, 0.2) is 30.3 Å². The lowest BCUT2D eigenvalue weighted by Gasteiger charge is -2.16. The molecular formula is C9H11ClNO2-. The number of hydrogen-bond donors (Lipinski definition) is 1. The van der Waals surface area contributed by atoms with Gasteiger partial charge in [0, 0.05) is 0 Å². The molecule has 0 saturated carbocycles. The highest BCUT2D eigenvalue weighted by atomic mass is 35.5. The standard InChI is InChI=1S/C9H11NO2.ClH/c1-10-8(9(11)12)7-5-3-2-4-6-7;/h2-6,8,10H,1H3,(H,11,12);1H/p-1.